The summed E-state index contributed by atoms with van der Waals surface area (Å²) in [5.41, 5.74) is 8.07. The van der Waals surface area contributed by atoms with Crippen LogP contribution in [0.3, 0.4) is 0 Å². The molecule has 1 heterocycles. The van der Waals surface area contributed by atoms with Crippen molar-refractivity contribution in [3.8, 4) is 0 Å². The number of nitrogen functional groups attached to an aromatic ring is 1. The zero-order valence-electron chi connectivity index (χ0n) is 8.40. The number of nitrogens with two attached hydrogens (primary N) is 1. The number of aliphatic hydroxyl groups is 1. The predicted molar refractivity (Wildman–Crippen MR) is 56.0 cm³/mol. The Bertz CT molecular complexity index is 338. The first-order valence-electron chi connectivity index (χ1n) is 5.07. The summed E-state index contributed by atoms with van der Waals surface area (Å²) < 4.78 is 0. The van der Waals surface area contributed by atoms with E-state index in [4.69, 9.17) is 5.73 Å². The lowest BCUT2D eigenvalue weighted by Crippen LogP contribution is -2.04. The van der Waals surface area contributed by atoms with Gasteiger partial charge in [-0.3, -0.25) is 0 Å². The van der Waals surface area contributed by atoms with Gasteiger partial charge in [0.05, 0.1) is 6.10 Å². The number of pyridine rings is 1. The van der Waals surface area contributed by atoms with Crippen LogP contribution in [0.15, 0.2) is 12.3 Å². The first-order chi connectivity index (χ1) is 6.66. The normalized spacial score (nSPS) is 26.7. The molecule has 3 N–H and O–H groups in total. The first-order valence-corrected chi connectivity index (χ1v) is 5.07. The molecule has 76 valence electrons. The highest BCUT2D eigenvalue weighted by molar-refractivity contribution is 5.43. The van der Waals surface area contributed by atoms with E-state index < -0.39 is 0 Å². The lowest BCUT2D eigenvalue weighted by molar-refractivity contribution is 0.181. The molecule has 0 radical (unpaired) electrons. The molecule has 2 rings (SSSR count). The summed E-state index contributed by atoms with van der Waals surface area (Å²) in [7, 11) is 0. The fourth-order valence-electron chi connectivity index (χ4n) is 2.17. The van der Waals surface area contributed by atoms with Crippen LogP contribution in [0.5, 0.6) is 0 Å². The van der Waals surface area contributed by atoms with Crippen molar-refractivity contribution >= 4 is 5.82 Å². The van der Waals surface area contributed by atoms with E-state index in [1.54, 1.807) is 6.20 Å². The minimum Gasteiger partial charge on any atom is -0.393 e. The van der Waals surface area contributed by atoms with Gasteiger partial charge in [-0.05, 0) is 43.2 Å². The van der Waals surface area contributed by atoms with E-state index in [0.717, 1.165) is 30.4 Å². The molecular weight excluding hydrogens is 176 g/mol. The zero-order chi connectivity index (χ0) is 10.1. The van der Waals surface area contributed by atoms with Gasteiger partial charge in [-0.1, -0.05) is 6.07 Å². The molecule has 0 amide bonds. The van der Waals surface area contributed by atoms with Crippen LogP contribution in [0, 0.1) is 6.92 Å². The smallest absolute Gasteiger partial charge is 0.126 e. The van der Waals surface area contributed by atoms with Crippen molar-refractivity contribution in [1.29, 1.82) is 0 Å². The van der Waals surface area contributed by atoms with Crippen molar-refractivity contribution in [2.45, 2.75) is 38.2 Å². The van der Waals surface area contributed by atoms with Gasteiger partial charge in [-0.15, -0.1) is 0 Å². The summed E-state index contributed by atoms with van der Waals surface area (Å²) in [5.74, 6) is 1.02. The third-order valence-corrected chi connectivity index (χ3v) is 2.93. The Labute approximate surface area is 84.0 Å². The lowest BCUT2D eigenvalue weighted by atomic mass is 9.97. The molecule has 1 aliphatic carbocycles. The number of anilines is 1. The zero-order valence-corrected chi connectivity index (χ0v) is 8.40. The summed E-state index contributed by atoms with van der Waals surface area (Å²) in [6.45, 7) is 2.02. The van der Waals surface area contributed by atoms with Crippen LogP contribution < -0.4 is 5.73 Å². The molecule has 0 bridgehead atoms. The average molecular weight is 192 g/mol. The predicted octanol–water partition coefficient (Wildman–Crippen LogP) is 1.60. The fourth-order valence-corrected chi connectivity index (χ4v) is 2.17. The van der Waals surface area contributed by atoms with Crippen molar-refractivity contribution < 1.29 is 5.11 Å². The maximum absolute atomic E-state index is 9.46. The van der Waals surface area contributed by atoms with Gasteiger partial charge >= 0.3 is 0 Å². The minimum absolute atomic E-state index is 0.153. The van der Waals surface area contributed by atoms with Crippen molar-refractivity contribution in [1.82, 2.24) is 4.98 Å². The molecular formula is C11H16N2O. The third kappa shape index (κ3) is 1.73. The third-order valence-electron chi connectivity index (χ3n) is 2.93. The maximum Gasteiger partial charge on any atom is 0.126 e. The second-order valence-corrected chi connectivity index (χ2v) is 4.15. The van der Waals surface area contributed by atoms with E-state index in [0.29, 0.717) is 11.7 Å². The summed E-state index contributed by atoms with van der Waals surface area (Å²) in [5, 5.41) is 9.46. The van der Waals surface area contributed by atoms with Crippen LogP contribution in [0.25, 0.3) is 0 Å². The highest BCUT2D eigenvalue weighted by atomic mass is 16.3. The van der Waals surface area contributed by atoms with Crippen LogP contribution in [-0.2, 0) is 0 Å². The van der Waals surface area contributed by atoms with Gasteiger partial charge in [-0.25, -0.2) is 4.98 Å². The molecule has 1 aromatic heterocycles. The SMILES string of the molecule is Cc1cnc(N)c(C2CCC(O)C2)c1. The highest BCUT2D eigenvalue weighted by Crippen LogP contribution is 2.36. The minimum atomic E-state index is -0.153. The van der Waals surface area contributed by atoms with Crippen molar-refractivity contribution in [3.05, 3.63) is 23.4 Å². The number of hydrogen-bond acceptors (Lipinski definition) is 3. The number of aromatic nitrogens is 1. The van der Waals surface area contributed by atoms with E-state index in [1.165, 1.54) is 0 Å². The average Bonchev–Trinajstić information content (AvgIpc) is 2.56. The topological polar surface area (TPSA) is 59.1 Å². The molecule has 3 heteroatoms. The quantitative estimate of drug-likeness (QED) is 0.710. The van der Waals surface area contributed by atoms with Crippen LogP contribution in [-0.4, -0.2) is 16.2 Å². The molecule has 2 unspecified atom stereocenters. The monoisotopic (exact) mass is 192 g/mol. The van der Waals surface area contributed by atoms with Crippen molar-refractivity contribution in [3.63, 3.8) is 0 Å². The number of aliphatic hydroxyl groups excluding tert-OH is 1. The number of aryl methyl sites for hydroxylation is 1. The Hall–Kier alpha value is -1.09. The number of rotatable bonds is 1. The summed E-state index contributed by atoms with van der Waals surface area (Å²) in [6, 6.07) is 2.09. The molecule has 1 aromatic rings. The Morgan fingerprint density at radius 2 is 2.29 bits per heavy atom. The Kier molecular flexibility index (Phi) is 2.42. The number of nitrogens with zero attached hydrogens (tertiary/aromatic N) is 1. The van der Waals surface area contributed by atoms with E-state index in [9.17, 15) is 5.11 Å². The van der Waals surface area contributed by atoms with E-state index >= 15 is 0 Å². The Morgan fingerprint density at radius 1 is 1.50 bits per heavy atom. The van der Waals surface area contributed by atoms with E-state index in [1.807, 2.05) is 6.92 Å². The number of hydrogen-bond donors (Lipinski definition) is 2. The van der Waals surface area contributed by atoms with Gasteiger partial charge in [0.25, 0.3) is 0 Å². The summed E-state index contributed by atoms with van der Waals surface area (Å²) in [4.78, 5) is 4.14. The Morgan fingerprint density at radius 3 is 2.93 bits per heavy atom. The van der Waals surface area contributed by atoms with Crippen LogP contribution >= 0.6 is 0 Å². The van der Waals surface area contributed by atoms with Gasteiger partial charge in [0.15, 0.2) is 0 Å². The van der Waals surface area contributed by atoms with E-state index in [-0.39, 0.29) is 6.10 Å². The second kappa shape index (κ2) is 3.58. The molecule has 0 spiro atoms. The lowest BCUT2D eigenvalue weighted by Gasteiger charge is -2.12. The molecule has 2 atom stereocenters. The molecule has 3 nitrogen and oxygen atoms in total. The molecule has 1 saturated carbocycles. The molecule has 1 aliphatic rings. The maximum atomic E-state index is 9.46. The van der Waals surface area contributed by atoms with Gasteiger partial charge in [0.1, 0.15) is 5.82 Å². The van der Waals surface area contributed by atoms with Crippen LogP contribution in [0.4, 0.5) is 5.82 Å². The molecule has 0 aliphatic heterocycles. The van der Waals surface area contributed by atoms with Crippen LogP contribution in [0.1, 0.15) is 36.3 Å². The standard InChI is InChI=1S/C11H16N2O/c1-7-4-10(11(12)13-6-7)8-2-3-9(14)5-8/h4,6,8-9,14H,2-3,5H2,1H3,(H2,12,13). The summed E-state index contributed by atoms with van der Waals surface area (Å²) in [6.07, 6.45) is 4.37. The molecule has 14 heavy (non-hydrogen) atoms. The van der Waals surface area contributed by atoms with Crippen molar-refractivity contribution in [2.24, 2.45) is 0 Å². The Balaban J connectivity index is 2.27. The molecule has 0 aromatic carbocycles. The van der Waals surface area contributed by atoms with Gasteiger partial charge in [0, 0.05) is 6.20 Å². The summed E-state index contributed by atoms with van der Waals surface area (Å²) >= 11 is 0. The van der Waals surface area contributed by atoms with Gasteiger partial charge in [0.2, 0.25) is 0 Å². The van der Waals surface area contributed by atoms with Crippen LogP contribution in [0.2, 0.25) is 0 Å². The van der Waals surface area contributed by atoms with Gasteiger partial charge in [-0.2, -0.15) is 0 Å². The van der Waals surface area contributed by atoms with Gasteiger partial charge < -0.3 is 10.8 Å². The van der Waals surface area contributed by atoms with E-state index in [2.05, 4.69) is 11.1 Å². The molecule has 1 fully saturated rings. The largest absolute Gasteiger partial charge is 0.393 e. The second-order valence-electron chi connectivity index (χ2n) is 4.15. The van der Waals surface area contributed by atoms with Crippen molar-refractivity contribution in [2.75, 3.05) is 5.73 Å². The fraction of sp³-hybridized carbons (Fsp3) is 0.545. The highest BCUT2D eigenvalue weighted by Gasteiger charge is 2.25. The first kappa shape index (κ1) is 9.46. The molecule has 0 saturated heterocycles.